The first kappa shape index (κ1) is 14.8. The van der Waals surface area contributed by atoms with E-state index < -0.39 is 0 Å². The number of hydrogen-bond donors (Lipinski definition) is 0. The fourth-order valence-corrected chi connectivity index (χ4v) is 2.52. The Morgan fingerprint density at radius 2 is 2.00 bits per heavy atom. The lowest BCUT2D eigenvalue weighted by Crippen LogP contribution is -2.44. The van der Waals surface area contributed by atoms with Crippen LogP contribution < -0.4 is 4.90 Å². The second-order valence-electron chi connectivity index (χ2n) is 5.10. The van der Waals surface area contributed by atoms with Crippen molar-refractivity contribution in [1.82, 2.24) is 9.80 Å². The number of hydrogen-bond acceptors (Lipinski definition) is 2. The molecule has 0 saturated heterocycles. The maximum Gasteiger partial charge on any atom is 0.324 e. The zero-order valence-corrected chi connectivity index (χ0v) is 13.5. The molecule has 2 rings (SSSR count). The lowest BCUT2D eigenvalue weighted by atomic mass is 10.2. The summed E-state index contributed by atoms with van der Waals surface area (Å²) < 4.78 is 0.947. The molecular weight excluding hydrogens is 322 g/mol. The van der Waals surface area contributed by atoms with Gasteiger partial charge in [-0.15, -0.1) is 0 Å². The minimum absolute atomic E-state index is 0.0884. The molecule has 3 amide bonds. The van der Waals surface area contributed by atoms with E-state index in [9.17, 15) is 9.59 Å². The van der Waals surface area contributed by atoms with Crippen LogP contribution in [0.5, 0.6) is 0 Å². The van der Waals surface area contributed by atoms with Gasteiger partial charge in [0.05, 0.1) is 0 Å². The first-order valence-electron chi connectivity index (χ1n) is 6.41. The van der Waals surface area contributed by atoms with Crippen LogP contribution in [-0.2, 0) is 11.2 Å². The van der Waals surface area contributed by atoms with Crippen molar-refractivity contribution < 1.29 is 9.59 Å². The van der Waals surface area contributed by atoms with Crippen LogP contribution >= 0.6 is 15.9 Å². The molecule has 0 N–H and O–H groups in total. The second kappa shape index (κ2) is 5.83. The largest absolute Gasteiger partial charge is 0.347 e. The monoisotopic (exact) mass is 339 g/mol. The van der Waals surface area contributed by atoms with Crippen molar-refractivity contribution in [2.75, 3.05) is 39.1 Å². The summed E-state index contributed by atoms with van der Waals surface area (Å²) in [5.74, 6) is -0.0884. The van der Waals surface area contributed by atoms with Gasteiger partial charge in [-0.2, -0.15) is 0 Å². The van der Waals surface area contributed by atoms with Gasteiger partial charge in [0.1, 0.15) is 6.54 Å². The average Bonchev–Trinajstić information content (AvgIpc) is 2.80. The van der Waals surface area contributed by atoms with Gasteiger partial charge in [0.25, 0.3) is 0 Å². The number of carbonyl (C=O) groups excluding carboxylic acids is 2. The molecule has 1 aromatic carbocycles. The highest BCUT2D eigenvalue weighted by Gasteiger charge is 2.27. The number of likely N-dealkylation sites (N-methyl/N-ethyl adjacent to an activating group) is 2. The number of rotatable bonds is 2. The highest BCUT2D eigenvalue weighted by Crippen LogP contribution is 2.31. The average molecular weight is 340 g/mol. The van der Waals surface area contributed by atoms with Crippen molar-refractivity contribution in [3.8, 4) is 0 Å². The standard InChI is InChI=1S/C14H18BrN3O2/c1-16(2)13(19)9-17(3)14(20)18-7-6-10-4-5-11(15)8-12(10)18/h4-5,8H,6-7,9H2,1-3H3. The first-order chi connectivity index (χ1) is 9.40. The van der Waals surface area contributed by atoms with Gasteiger partial charge < -0.3 is 9.80 Å². The first-order valence-corrected chi connectivity index (χ1v) is 7.20. The summed E-state index contributed by atoms with van der Waals surface area (Å²) in [6.45, 7) is 0.747. The zero-order valence-electron chi connectivity index (χ0n) is 11.9. The van der Waals surface area contributed by atoms with Crippen LogP contribution in [0.1, 0.15) is 5.56 Å². The van der Waals surface area contributed by atoms with Crippen LogP contribution in [0.25, 0.3) is 0 Å². The SMILES string of the molecule is CN(C)C(=O)CN(C)C(=O)N1CCc2ccc(Br)cc21. The number of urea groups is 1. The van der Waals surface area contributed by atoms with Gasteiger partial charge in [-0.05, 0) is 24.1 Å². The van der Waals surface area contributed by atoms with Crippen molar-refractivity contribution in [3.63, 3.8) is 0 Å². The lowest BCUT2D eigenvalue weighted by molar-refractivity contribution is -0.129. The molecule has 0 spiro atoms. The summed E-state index contributed by atoms with van der Waals surface area (Å²) in [7, 11) is 5.02. The molecule has 0 radical (unpaired) electrons. The summed E-state index contributed by atoms with van der Waals surface area (Å²) in [4.78, 5) is 28.8. The Bertz CT molecular complexity index is 545. The fourth-order valence-electron chi connectivity index (χ4n) is 2.17. The second-order valence-corrected chi connectivity index (χ2v) is 6.02. The van der Waals surface area contributed by atoms with Gasteiger partial charge in [-0.3, -0.25) is 9.69 Å². The third-order valence-electron chi connectivity index (χ3n) is 3.37. The fraction of sp³-hybridized carbons (Fsp3) is 0.429. The summed E-state index contributed by atoms with van der Waals surface area (Å²) in [5, 5.41) is 0. The Hall–Kier alpha value is -1.56. The van der Waals surface area contributed by atoms with Crippen molar-refractivity contribution in [2.24, 2.45) is 0 Å². The Labute approximate surface area is 127 Å². The number of nitrogens with zero attached hydrogens (tertiary/aromatic N) is 3. The minimum atomic E-state index is -0.142. The van der Waals surface area contributed by atoms with Crippen molar-refractivity contribution in [1.29, 1.82) is 0 Å². The summed E-state index contributed by atoms with van der Waals surface area (Å²) in [6.07, 6.45) is 0.851. The quantitative estimate of drug-likeness (QED) is 0.826. The minimum Gasteiger partial charge on any atom is -0.347 e. The Morgan fingerprint density at radius 1 is 1.30 bits per heavy atom. The number of halogens is 1. The molecule has 0 unspecified atom stereocenters. The predicted octanol–water partition coefficient (Wildman–Crippen LogP) is 1.95. The molecule has 108 valence electrons. The molecule has 5 nitrogen and oxygen atoms in total. The molecule has 0 bridgehead atoms. The lowest BCUT2D eigenvalue weighted by Gasteiger charge is -2.25. The van der Waals surface area contributed by atoms with Gasteiger partial charge in [-0.25, -0.2) is 4.79 Å². The Balaban J connectivity index is 2.12. The van der Waals surface area contributed by atoms with Crippen LogP contribution in [-0.4, -0.2) is 56.0 Å². The molecule has 0 saturated carbocycles. The molecule has 20 heavy (non-hydrogen) atoms. The predicted molar refractivity (Wildman–Crippen MR) is 81.9 cm³/mol. The highest BCUT2D eigenvalue weighted by molar-refractivity contribution is 9.10. The molecule has 0 aliphatic carbocycles. The van der Waals surface area contributed by atoms with E-state index in [-0.39, 0.29) is 18.5 Å². The number of fused-ring (bicyclic) bond motifs is 1. The Morgan fingerprint density at radius 3 is 2.65 bits per heavy atom. The topological polar surface area (TPSA) is 43.9 Å². The molecule has 1 aromatic rings. The number of anilines is 1. The third kappa shape index (κ3) is 2.95. The van der Waals surface area contributed by atoms with Gasteiger partial charge >= 0.3 is 6.03 Å². The number of carbonyl (C=O) groups is 2. The normalized spacial score (nSPS) is 13.1. The van der Waals surface area contributed by atoms with E-state index in [1.807, 2.05) is 18.2 Å². The summed E-state index contributed by atoms with van der Waals surface area (Å²) in [6, 6.07) is 5.81. The third-order valence-corrected chi connectivity index (χ3v) is 3.86. The molecule has 0 atom stereocenters. The van der Waals surface area contributed by atoms with Gasteiger partial charge in [0, 0.05) is 37.8 Å². The van der Waals surface area contributed by atoms with E-state index in [0.717, 1.165) is 22.1 Å². The maximum atomic E-state index is 12.4. The van der Waals surface area contributed by atoms with Crippen LogP contribution in [0.3, 0.4) is 0 Å². The van der Waals surface area contributed by atoms with Crippen LogP contribution in [0.2, 0.25) is 0 Å². The zero-order chi connectivity index (χ0) is 14.9. The highest BCUT2D eigenvalue weighted by atomic mass is 79.9. The summed E-state index contributed by atoms with van der Waals surface area (Å²) in [5.41, 5.74) is 2.09. The van der Waals surface area contributed by atoms with Crippen LogP contribution in [0, 0.1) is 0 Å². The maximum absolute atomic E-state index is 12.4. The van der Waals surface area contributed by atoms with Gasteiger partial charge in [0.2, 0.25) is 5.91 Å². The van der Waals surface area contributed by atoms with E-state index >= 15 is 0 Å². The van der Waals surface area contributed by atoms with Crippen LogP contribution in [0.15, 0.2) is 22.7 Å². The smallest absolute Gasteiger partial charge is 0.324 e. The number of amides is 3. The molecule has 0 aromatic heterocycles. The van der Waals surface area contributed by atoms with Crippen molar-refractivity contribution in [3.05, 3.63) is 28.2 Å². The van der Waals surface area contributed by atoms with Crippen molar-refractivity contribution in [2.45, 2.75) is 6.42 Å². The molecular formula is C14H18BrN3O2. The molecule has 0 fully saturated rings. The molecule has 6 heteroatoms. The van der Waals surface area contributed by atoms with Gasteiger partial charge in [0.15, 0.2) is 0 Å². The van der Waals surface area contributed by atoms with E-state index in [1.165, 1.54) is 9.80 Å². The van der Waals surface area contributed by atoms with Crippen LogP contribution in [0.4, 0.5) is 10.5 Å². The number of benzene rings is 1. The molecule has 1 heterocycles. The van der Waals surface area contributed by atoms with Crippen molar-refractivity contribution >= 4 is 33.6 Å². The Kier molecular flexibility index (Phi) is 4.32. The summed E-state index contributed by atoms with van der Waals surface area (Å²) >= 11 is 3.43. The molecule has 1 aliphatic rings. The van der Waals surface area contributed by atoms with E-state index in [4.69, 9.17) is 0 Å². The van der Waals surface area contributed by atoms with E-state index in [2.05, 4.69) is 15.9 Å². The molecule has 1 aliphatic heterocycles. The van der Waals surface area contributed by atoms with Gasteiger partial charge in [-0.1, -0.05) is 22.0 Å². The van der Waals surface area contributed by atoms with E-state index in [1.54, 1.807) is 26.0 Å². The van der Waals surface area contributed by atoms with E-state index in [0.29, 0.717) is 6.54 Å².